The monoisotopic (exact) mass is 671 g/mol. The predicted molar refractivity (Wildman–Crippen MR) is 175 cm³/mol. The first-order chi connectivity index (χ1) is 21.3. The summed E-state index contributed by atoms with van der Waals surface area (Å²) in [7, 11) is 3.10. The molecule has 44 heavy (non-hydrogen) atoms. The van der Waals surface area contributed by atoms with Gasteiger partial charge in [0.15, 0.2) is 16.3 Å². The van der Waals surface area contributed by atoms with Crippen LogP contribution in [0.4, 0.5) is 0 Å². The van der Waals surface area contributed by atoms with Crippen LogP contribution in [0.25, 0.3) is 17.0 Å². The molecule has 1 aliphatic rings. The molecule has 1 aliphatic heterocycles. The van der Waals surface area contributed by atoms with E-state index in [1.54, 1.807) is 44.8 Å². The molecule has 0 bridgehead atoms. The topological polar surface area (TPSA) is 84.1 Å². The van der Waals surface area contributed by atoms with E-state index >= 15 is 0 Å². The number of methoxy groups -OCH3 is 2. The van der Waals surface area contributed by atoms with Gasteiger partial charge in [0, 0.05) is 33.7 Å². The molecule has 3 heterocycles. The summed E-state index contributed by atoms with van der Waals surface area (Å²) in [6.45, 7) is 4.40. The number of aromatic nitrogens is 2. The van der Waals surface area contributed by atoms with Gasteiger partial charge in [-0.25, -0.2) is 9.79 Å². The third kappa shape index (κ3) is 5.28. The van der Waals surface area contributed by atoms with Crippen molar-refractivity contribution in [3.05, 3.63) is 125 Å². The summed E-state index contributed by atoms with van der Waals surface area (Å²) in [5.41, 5.74) is 4.35. The van der Waals surface area contributed by atoms with Gasteiger partial charge >= 0.3 is 5.97 Å². The van der Waals surface area contributed by atoms with E-state index in [4.69, 9.17) is 19.2 Å². The first kappa shape index (κ1) is 29.7. The van der Waals surface area contributed by atoms with Crippen molar-refractivity contribution in [2.24, 2.45) is 4.99 Å². The van der Waals surface area contributed by atoms with Crippen LogP contribution in [-0.4, -0.2) is 35.9 Å². The van der Waals surface area contributed by atoms with Gasteiger partial charge < -0.3 is 18.8 Å². The highest BCUT2D eigenvalue weighted by Gasteiger charge is 2.35. The molecule has 3 aromatic carbocycles. The maximum Gasteiger partial charge on any atom is 0.338 e. The zero-order valence-electron chi connectivity index (χ0n) is 24.7. The number of fused-ring (bicyclic) bond motifs is 2. The predicted octanol–water partition coefficient (Wildman–Crippen LogP) is 5.58. The first-order valence-corrected chi connectivity index (χ1v) is 15.7. The number of halogens is 1. The zero-order valence-corrected chi connectivity index (χ0v) is 27.1. The van der Waals surface area contributed by atoms with E-state index in [2.05, 4.69) is 51.0 Å². The molecule has 5 aromatic rings. The van der Waals surface area contributed by atoms with Crippen LogP contribution in [0, 0.1) is 0 Å². The van der Waals surface area contributed by atoms with Crippen molar-refractivity contribution in [3.63, 3.8) is 0 Å². The Kier molecular flexibility index (Phi) is 8.29. The third-order valence-electron chi connectivity index (χ3n) is 7.62. The Hall–Kier alpha value is -4.41. The maximum atomic E-state index is 14.3. The quantitative estimate of drug-likeness (QED) is 0.201. The van der Waals surface area contributed by atoms with E-state index in [1.165, 1.54) is 16.9 Å². The standard InChI is InChI=1S/C34H30BrN3O5S/c1-5-43-33(40)30-20(2)36-34-38(31(30)24-16-27(41-3)28(42-4)17-25(24)35)32(39)29(44-34)15-22-19-37(18-21-11-7-6-8-12-21)26-14-10-9-13-23(22)26/h6-17,19,31H,5,18H2,1-4H3/b29-15-/t31-/m0/s1. The summed E-state index contributed by atoms with van der Waals surface area (Å²) < 4.78 is 21.4. The second-order valence-corrected chi connectivity index (χ2v) is 12.1. The summed E-state index contributed by atoms with van der Waals surface area (Å²) in [5, 5.41) is 1.04. The van der Waals surface area contributed by atoms with Crippen LogP contribution in [0.15, 0.2) is 98.5 Å². The van der Waals surface area contributed by atoms with Crippen LogP contribution in [-0.2, 0) is 16.1 Å². The fourth-order valence-corrected chi connectivity index (χ4v) is 7.18. The van der Waals surface area contributed by atoms with E-state index in [9.17, 15) is 9.59 Å². The molecule has 0 unspecified atom stereocenters. The van der Waals surface area contributed by atoms with Crippen molar-refractivity contribution in [1.82, 2.24) is 9.13 Å². The van der Waals surface area contributed by atoms with Crippen LogP contribution in [0.2, 0.25) is 0 Å². The molecule has 0 radical (unpaired) electrons. The van der Waals surface area contributed by atoms with Gasteiger partial charge in [-0.05, 0) is 49.2 Å². The Morgan fingerprint density at radius 3 is 2.48 bits per heavy atom. The number of thiazole rings is 1. The van der Waals surface area contributed by atoms with Gasteiger partial charge in [0.25, 0.3) is 5.56 Å². The number of carbonyl (C=O) groups is 1. The van der Waals surface area contributed by atoms with Crippen LogP contribution in [0.1, 0.15) is 36.6 Å². The molecular weight excluding hydrogens is 642 g/mol. The average Bonchev–Trinajstić information content (AvgIpc) is 3.53. The van der Waals surface area contributed by atoms with Crippen molar-refractivity contribution in [3.8, 4) is 11.5 Å². The molecule has 0 fully saturated rings. The highest BCUT2D eigenvalue weighted by molar-refractivity contribution is 9.10. The van der Waals surface area contributed by atoms with E-state index in [0.717, 1.165) is 16.5 Å². The molecule has 1 atom stereocenters. The molecule has 0 N–H and O–H groups in total. The Morgan fingerprint density at radius 2 is 1.75 bits per heavy atom. The Morgan fingerprint density at radius 1 is 1.05 bits per heavy atom. The van der Waals surface area contributed by atoms with Gasteiger partial charge in [0.1, 0.15) is 0 Å². The molecule has 0 spiro atoms. The van der Waals surface area contributed by atoms with Gasteiger partial charge in [-0.3, -0.25) is 9.36 Å². The lowest BCUT2D eigenvalue weighted by Gasteiger charge is -2.26. The van der Waals surface area contributed by atoms with E-state index in [1.807, 2.05) is 36.4 Å². The summed E-state index contributed by atoms with van der Waals surface area (Å²) in [6.07, 6.45) is 3.99. The minimum atomic E-state index is -0.805. The Labute approximate surface area is 266 Å². The van der Waals surface area contributed by atoms with Crippen molar-refractivity contribution in [2.45, 2.75) is 26.4 Å². The number of carbonyl (C=O) groups excluding carboxylic acids is 1. The van der Waals surface area contributed by atoms with Gasteiger partial charge in [0.05, 0.1) is 42.7 Å². The fraction of sp³-hybridized carbons (Fsp3) is 0.206. The van der Waals surface area contributed by atoms with Gasteiger partial charge in [0.2, 0.25) is 0 Å². The summed E-state index contributed by atoms with van der Waals surface area (Å²) in [4.78, 5) is 32.9. The number of esters is 1. The summed E-state index contributed by atoms with van der Waals surface area (Å²) in [6, 6.07) is 21.2. The third-order valence-corrected chi connectivity index (χ3v) is 9.29. The molecule has 8 nitrogen and oxygen atoms in total. The molecule has 0 aliphatic carbocycles. The minimum absolute atomic E-state index is 0.187. The molecule has 0 saturated carbocycles. The number of nitrogens with zero attached hydrogens (tertiary/aromatic N) is 3. The number of ether oxygens (including phenoxy) is 3. The molecule has 224 valence electrons. The maximum absolute atomic E-state index is 14.3. The lowest BCUT2D eigenvalue weighted by Crippen LogP contribution is -2.40. The normalized spacial score (nSPS) is 14.8. The fourth-order valence-electron chi connectivity index (χ4n) is 5.61. The number of allylic oxidation sites excluding steroid dienone is 1. The van der Waals surface area contributed by atoms with Gasteiger partial charge in [-0.1, -0.05) is 75.8 Å². The van der Waals surface area contributed by atoms with Crippen LogP contribution < -0.4 is 24.4 Å². The highest BCUT2D eigenvalue weighted by Crippen LogP contribution is 2.40. The highest BCUT2D eigenvalue weighted by atomic mass is 79.9. The second kappa shape index (κ2) is 12.3. The summed E-state index contributed by atoms with van der Waals surface area (Å²) in [5.74, 6) is 0.455. The number of benzene rings is 3. The molecule has 6 rings (SSSR count). The van der Waals surface area contributed by atoms with E-state index < -0.39 is 12.0 Å². The molecular formula is C34H30BrN3O5S. The van der Waals surface area contributed by atoms with Crippen LogP contribution >= 0.6 is 27.3 Å². The SMILES string of the molecule is CCOC(=O)C1=C(C)N=c2s/c(=C\c3cn(Cc4ccccc4)c4ccccc34)c(=O)n2[C@H]1c1cc(OC)c(OC)cc1Br. The molecule has 2 aromatic heterocycles. The van der Waals surface area contributed by atoms with Crippen molar-refractivity contribution < 1.29 is 19.0 Å². The first-order valence-electron chi connectivity index (χ1n) is 14.1. The largest absolute Gasteiger partial charge is 0.493 e. The van der Waals surface area contributed by atoms with Crippen LogP contribution in [0.3, 0.4) is 0 Å². The Bertz CT molecular complexity index is 2110. The summed E-state index contributed by atoms with van der Waals surface area (Å²) >= 11 is 4.95. The minimum Gasteiger partial charge on any atom is -0.493 e. The number of para-hydroxylation sites is 1. The van der Waals surface area contributed by atoms with Crippen LogP contribution in [0.5, 0.6) is 11.5 Å². The zero-order chi connectivity index (χ0) is 31.0. The smallest absolute Gasteiger partial charge is 0.338 e. The van der Waals surface area contributed by atoms with E-state index in [-0.39, 0.29) is 17.7 Å². The number of rotatable bonds is 8. The number of hydrogen-bond acceptors (Lipinski definition) is 7. The second-order valence-electron chi connectivity index (χ2n) is 10.2. The van der Waals surface area contributed by atoms with Gasteiger partial charge in [-0.15, -0.1) is 0 Å². The van der Waals surface area contributed by atoms with Gasteiger partial charge in [-0.2, -0.15) is 0 Å². The molecule has 0 amide bonds. The average molecular weight is 673 g/mol. The Balaban J connectivity index is 1.55. The lowest BCUT2D eigenvalue weighted by molar-refractivity contribution is -0.139. The molecule has 10 heteroatoms. The van der Waals surface area contributed by atoms with Crippen molar-refractivity contribution in [2.75, 3.05) is 20.8 Å². The van der Waals surface area contributed by atoms with Crippen molar-refractivity contribution >= 4 is 50.2 Å². The molecule has 0 saturated heterocycles. The lowest BCUT2D eigenvalue weighted by atomic mass is 9.95. The van der Waals surface area contributed by atoms with Crippen molar-refractivity contribution in [1.29, 1.82) is 0 Å². The number of hydrogen-bond donors (Lipinski definition) is 0. The van der Waals surface area contributed by atoms with E-state index in [0.29, 0.717) is 43.1 Å².